The molecule has 27 heavy (non-hydrogen) atoms. The van der Waals surface area contributed by atoms with E-state index in [4.69, 9.17) is 5.11 Å². The molecule has 0 saturated heterocycles. The number of aryl methyl sites for hydroxylation is 1. The van der Waals surface area contributed by atoms with Crippen LogP contribution in [-0.2, 0) is 19.4 Å². The highest BCUT2D eigenvalue weighted by Gasteiger charge is 2.22. The quantitative estimate of drug-likeness (QED) is 0.748. The molecule has 140 valence electrons. The Hall–Kier alpha value is -2.43. The Bertz CT molecular complexity index is 972. The smallest absolute Gasteiger partial charge is 0.0529 e. The molecular weight excluding hydrogens is 334 g/mol. The SMILES string of the molecule is C/C(=C\n1c2c(c3cc(CCCO)ccc31)CN(C)CC2)c1ccncc1. The fourth-order valence-corrected chi connectivity index (χ4v) is 4.04. The predicted molar refractivity (Wildman–Crippen MR) is 111 cm³/mol. The molecule has 2 aromatic heterocycles. The standard InChI is InChI=1S/C23H27N3O/c1-17(19-7-10-24-11-8-19)15-26-22-6-5-18(4-3-13-27)14-20(22)21-16-25(2)12-9-23(21)26/h5-8,10-11,14-15,27H,3-4,9,12-13,16H2,1-2H3/b17-15+. The van der Waals surface area contributed by atoms with E-state index in [0.29, 0.717) is 0 Å². The van der Waals surface area contributed by atoms with Crippen LogP contribution < -0.4 is 0 Å². The first kappa shape index (κ1) is 18.0. The number of rotatable bonds is 5. The average Bonchev–Trinajstić information content (AvgIpc) is 2.99. The van der Waals surface area contributed by atoms with Crippen LogP contribution in [0.3, 0.4) is 0 Å². The van der Waals surface area contributed by atoms with Crippen LogP contribution in [0.1, 0.15) is 35.7 Å². The van der Waals surface area contributed by atoms with E-state index in [9.17, 15) is 0 Å². The number of aromatic nitrogens is 2. The van der Waals surface area contributed by atoms with E-state index in [2.05, 4.69) is 65.0 Å². The molecule has 4 heteroatoms. The van der Waals surface area contributed by atoms with Crippen molar-refractivity contribution in [3.63, 3.8) is 0 Å². The number of allylic oxidation sites excluding steroid dienone is 1. The van der Waals surface area contributed by atoms with E-state index in [1.165, 1.54) is 38.9 Å². The fraction of sp³-hybridized carbons (Fsp3) is 0.348. The number of aliphatic hydroxyl groups excluding tert-OH is 1. The lowest BCUT2D eigenvalue weighted by molar-refractivity contribution is 0.288. The maximum Gasteiger partial charge on any atom is 0.0529 e. The minimum Gasteiger partial charge on any atom is -0.396 e. The molecule has 3 heterocycles. The Morgan fingerprint density at radius 2 is 2.04 bits per heavy atom. The molecule has 4 nitrogen and oxygen atoms in total. The van der Waals surface area contributed by atoms with Gasteiger partial charge in [0.25, 0.3) is 0 Å². The third-order valence-corrected chi connectivity index (χ3v) is 5.53. The molecule has 1 aromatic carbocycles. The van der Waals surface area contributed by atoms with Gasteiger partial charge in [0.05, 0.1) is 5.52 Å². The lowest BCUT2D eigenvalue weighted by Gasteiger charge is -2.23. The summed E-state index contributed by atoms with van der Waals surface area (Å²) in [5, 5.41) is 10.5. The van der Waals surface area contributed by atoms with Crippen molar-refractivity contribution in [1.82, 2.24) is 14.5 Å². The summed E-state index contributed by atoms with van der Waals surface area (Å²) in [5.74, 6) is 0. The molecule has 3 aromatic rings. The normalized spacial score (nSPS) is 15.3. The van der Waals surface area contributed by atoms with Gasteiger partial charge < -0.3 is 14.6 Å². The zero-order valence-electron chi connectivity index (χ0n) is 16.2. The van der Waals surface area contributed by atoms with Gasteiger partial charge in [0.15, 0.2) is 0 Å². The Kier molecular flexibility index (Phi) is 5.10. The van der Waals surface area contributed by atoms with Gasteiger partial charge in [0, 0.05) is 55.8 Å². The summed E-state index contributed by atoms with van der Waals surface area (Å²) in [6.07, 6.45) is 8.77. The van der Waals surface area contributed by atoms with E-state index in [1.54, 1.807) is 0 Å². The second kappa shape index (κ2) is 7.67. The van der Waals surface area contributed by atoms with Gasteiger partial charge >= 0.3 is 0 Å². The van der Waals surface area contributed by atoms with Crippen molar-refractivity contribution in [2.45, 2.75) is 32.7 Å². The van der Waals surface area contributed by atoms with Crippen molar-refractivity contribution in [3.8, 4) is 0 Å². The van der Waals surface area contributed by atoms with Gasteiger partial charge in [0.2, 0.25) is 0 Å². The molecule has 1 aliphatic rings. The van der Waals surface area contributed by atoms with Gasteiger partial charge in [0.1, 0.15) is 0 Å². The maximum absolute atomic E-state index is 9.16. The van der Waals surface area contributed by atoms with Crippen LogP contribution in [0.25, 0.3) is 22.7 Å². The summed E-state index contributed by atoms with van der Waals surface area (Å²) >= 11 is 0. The van der Waals surface area contributed by atoms with Gasteiger partial charge in [-0.3, -0.25) is 4.98 Å². The molecular formula is C23H27N3O. The highest BCUT2D eigenvalue weighted by atomic mass is 16.2. The topological polar surface area (TPSA) is 41.3 Å². The van der Waals surface area contributed by atoms with E-state index >= 15 is 0 Å². The lowest BCUT2D eigenvalue weighted by Crippen LogP contribution is -2.26. The molecule has 0 unspecified atom stereocenters. The van der Waals surface area contributed by atoms with Gasteiger partial charge in [-0.25, -0.2) is 0 Å². The minimum atomic E-state index is 0.244. The first-order chi connectivity index (χ1) is 13.2. The van der Waals surface area contributed by atoms with Crippen LogP contribution in [0.2, 0.25) is 0 Å². The molecule has 4 rings (SSSR count). The molecule has 0 bridgehead atoms. The fourth-order valence-electron chi connectivity index (χ4n) is 4.04. The van der Waals surface area contributed by atoms with Crippen LogP contribution in [-0.4, -0.2) is 39.8 Å². The van der Waals surface area contributed by atoms with Gasteiger partial charge in [-0.1, -0.05) is 6.07 Å². The van der Waals surface area contributed by atoms with Crippen molar-refractivity contribution in [2.75, 3.05) is 20.2 Å². The van der Waals surface area contributed by atoms with Gasteiger partial charge in [-0.15, -0.1) is 0 Å². The first-order valence-corrected chi connectivity index (χ1v) is 9.70. The van der Waals surface area contributed by atoms with Crippen molar-refractivity contribution in [2.24, 2.45) is 0 Å². The summed E-state index contributed by atoms with van der Waals surface area (Å²) in [6, 6.07) is 10.9. The molecule has 0 spiro atoms. The molecule has 0 radical (unpaired) electrons. The summed E-state index contributed by atoms with van der Waals surface area (Å²) in [7, 11) is 2.19. The summed E-state index contributed by atoms with van der Waals surface area (Å²) in [5.41, 5.74) is 7.89. The Labute approximate surface area is 160 Å². The van der Waals surface area contributed by atoms with Gasteiger partial charge in [-0.2, -0.15) is 0 Å². The van der Waals surface area contributed by atoms with Gasteiger partial charge in [-0.05, 0) is 73.3 Å². The number of hydrogen-bond donors (Lipinski definition) is 1. The second-order valence-corrected chi connectivity index (χ2v) is 7.51. The number of aliphatic hydroxyl groups is 1. The number of fused-ring (bicyclic) bond motifs is 3. The van der Waals surface area contributed by atoms with Crippen molar-refractivity contribution >= 4 is 22.7 Å². The first-order valence-electron chi connectivity index (χ1n) is 9.70. The molecule has 0 fully saturated rings. The summed E-state index contributed by atoms with van der Waals surface area (Å²) in [4.78, 5) is 6.52. The van der Waals surface area contributed by atoms with Crippen LogP contribution in [0.15, 0.2) is 42.7 Å². The van der Waals surface area contributed by atoms with Crippen LogP contribution in [0, 0.1) is 0 Å². The van der Waals surface area contributed by atoms with Crippen LogP contribution >= 0.6 is 0 Å². The molecule has 0 amide bonds. The largest absolute Gasteiger partial charge is 0.396 e. The molecule has 1 aliphatic heterocycles. The van der Waals surface area contributed by atoms with Crippen molar-refractivity contribution in [1.29, 1.82) is 0 Å². The van der Waals surface area contributed by atoms with E-state index < -0.39 is 0 Å². The predicted octanol–water partition coefficient (Wildman–Crippen LogP) is 3.97. The second-order valence-electron chi connectivity index (χ2n) is 7.51. The third-order valence-electron chi connectivity index (χ3n) is 5.53. The zero-order valence-corrected chi connectivity index (χ0v) is 16.2. The lowest BCUT2D eigenvalue weighted by atomic mass is 10.0. The zero-order chi connectivity index (χ0) is 18.8. The average molecular weight is 361 g/mol. The van der Waals surface area contributed by atoms with Crippen molar-refractivity contribution < 1.29 is 5.11 Å². The number of benzene rings is 1. The Balaban J connectivity index is 1.85. The number of hydrogen-bond acceptors (Lipinski definition) is 3. The van der Waals surface area contributed by atoms with Crippen LogP contribution in [0.5, 0.6) is 0 Å². The summed E-state index contributed by atoms with van der Waals surface area (Å²) in [6.45, 7) is 4.49. The number of likely N-dealkylation sites (N-methyl/N-ethyl adjacent to an activating group) is 1. The Morgan fingerprint density at radius 3 is 2.81 bits per heavy atom. The van der Waals surface area contributed by atoms with Crippen molar-refractivity contribution in [3.05, 3.63) is 65.1 Å². The number of pyridine rings is 1. The molecule has 1 N–H and O–H groups in total. The molecule has 0 saturated carbocycles. The maximum atomic E-state index is 9.16. The monoisotopic (exact) mass is 361 g/mol. The van der Waals surface area contributed by atoms with E-state index in [1.807, 2.05) is 12.4 Å². The highest BCUT2D eigenvalue weighted by molar-refractivity contribution is 5.90. The number of nitrogens with zero attached hydrogens (tertiary/aromatic N) is 3. The third kappa shape index (κ3) is 3.55. The highest BCUT2D eigenvalue weighted by Crippen LogP contribution is 2.33. The Morgan fingerprint density at radius 1 is 1.22 bits per heavy atom. The molecule has 0 aliphatic carbocycles. The molecule has 0 atom stereocenters. The van der Waals surface area contributed by atoms with Crippen LogP contribution in [0.4, 0.5) is 0 Å². The summed E-state index contributed by atoms with van der Waals surface area (Å²) < 4.78 is 2.39. The van der Waals surface area contributed by atoms with E-state index in [0.717, 1.165) is 32.4 Å². The van der Waals surface area contributed by atoms with E-state index in [-0.39, 0.29) is 6.61 Å². The minimum absolute atomic E-state index is 0.244.